The minimum atomic E-state index is 0.219. The molecule has 0 bridgehead atoms. The van der Waals surface area contributed by atoms with Gasteiger partial charge in [0.05, 0.1) is 13.4 Å². The highest BCUT2D eigenvalue weighted by Gasteiger charge is 2.05. The molecule has 94 valence electrons. The van der Waals surface area contributed by atoms with Gasteiger partial charge in [-0.25, -0.2) is 4.98 Å². The zero-order chi connectivity index (χ0) is 12.8. The summed E-state index contributed by atoms with van der Waals surface area (Å²) >= 11 is 0. The lowest BCUT2D eigenvalue weighted by atomic mass is 10.1. The Kier molecular flexibility index (Phi) is 4.12. The van der Waals surface area contributed by atoms with Crippen LogP contribution in [0.25, 0.3) is 0 Å². The van der Waals surface area contributed by atoms with E-state index >= 15 is 0 Å². The highest BCUT2D eigenvalue weighted by atomic mass is 16.5. The zero-order valence-corrected chi connectivity index (χ0v) is 10.4. The summed E-state index contributed by atoms with van der Waals surface area (Å²) in [6.45, 7) is 0.683. The van der Waals surface area contributed by atoms with Gasteiger partial charge in [-0.1, -0.05) is 12.1 Å². The average molecular weight is 244 g/mol. The van der Waals surface area contributed by atoms with Crippen LogP contribution in [0.5, 0.6) is 5.75 Å². The number of carbonyl (C=O) groups excluding carboxylic acids is 1. The van der Waals surface area contributed by atoms with Gasteiger partial charge in [0.15, 0.2) is 0 Å². The van der Waals surface area contributed by atoms with Crippen molar-refractivity contribution in [2.45, 2.75) is 19.4 Å². The van der Waals surface area contributed by atoms with Crippen molar-refractivity contribution in [1.29, 1.82) is 0 Å². The quantitative estimate of drug-likeness (QED) is 0.781. The maximum atomic E-state index is 11.8. The van der Waals surface area contributed by atoms with Crippen LogP contribution >= 0.6 is 0 Å². The number of ketones is 1. The smallest absolute Gasteiger partial charge is 0.139 e. The first-order chi connectivity index (χ1) is 8.78. The van der Waals surface area contributed by atoms with E-state index in [2.05, 4.69) is 4.98 Å². The molecule has 1 aromatic carbocycles. The molecule has 1 aromatic heterocycles. The predicted octanol–water partition coefficient (Wildman–Crippen LogP) is 2.09. The zero-order valence-electron chi connectivity index (χ0n) is 10.4. The van der Waals surface area contributed by atoms with E-state index in [0.29, 0.717) is 19.4 Å². The van der Waals surface area contributed by atoms with E-state index in [1.807, 2.05) is 35.0 Å². The fourth-order valence-electron chi connectivity index (χ4n) is 1.77. The maximum absolute atomic E-state index is 11.8. The summed E-state index contributed by atoms with van der Waals surface area (Å²) in [6.07, 6.45) is 6.27. The van der Waals surface area contributed by atoms with Crippen molar-refractivity contribution in [2.24, 2.45) is 0 Å². The SMILES string of the molecule is COc1cccc(CC(=O)CCn2ccnc2)c1. The van der Waals surface area contributed by atoms with E-state index in [9.17, 15) is 4.79 Å². The van der Waals surface area contributed by atoms with Gasteiger partial charge in [-0.05, 0) is 17.7 Å². The summed E-state index contributed by atoms with van der Waals surface area (Å²) in [5.41, 5.74) is 0.991. The van der Waals surface area contributed by atoms with Crippen molar-refractivity contribution < 1.29 is 9.53 Å². The molecule has 2 aromatic rings. The molecule has 0 radical (unpaired) electrons. The van der Waals surface area contributed by atoms with Crippen LogP contribution in [0.4, 0.5) is 0 Å². The lowest BCUT2D eigenvalue weighted by Crippen LogP contribution is -2.07. The van der Waals surface area contributed by atoms with Crippen LogP contribution in [-0.2, 0) is 17.8 Å². The average Bonchev–Trinajstić information content (AvgIpc) is 2.90. The minimum Gasteiger partial charge on any atom is -0.497 e. The van der Waals surface area contributed by atoms with Crippen LogP contribution < -0.4 is 4.74 Å². The predicted molar refractivity (Wildman–Crippen MR) is 68.5 cm³/mol. The molecule has 0 N–H and O–H groups in total. The number of rotatable bonds is 6. The Morgan fingerprint density at radius 1 is 1.44 bits per heavy atom. The number of hydrogen-bond acceptors (Lipinski definition) is 3. The third-order valence-corrected chi connectivity index (χ3v) is 2.74. The van der Waals surface area contributed by atoms with E-state index in [1.54, 1.807) is 19.6 Å². The molecular weight excluding hydrogens is 228 g/mol. The number of aromatic nitrogens is 2. The first kappa shape index (κ1) is 12.4. The number of benzene rings is 1. The number of methoxy groups -OCH3 is 1. The van der Waals surface area contributed by atoms with Gasteiger partial charge in [-0.15, -0.1) is 0 Å². The minimum absolute atomic E-state index is 0.219. The van der Waals surface area contributed by atoms with Crippen LogP contribution in [0.15, 0.2) is 43.0 Å². The number of nitrogens with zero attached hydrogens (tertiary/aromatic N) is 2. The molecule has 0 unspecified atom stereocenters. The molecule has 0 aliphatic heterocycles. The Balaban J connectivity index is 1.86. The van der Waals surface area contributed by atoms with Crippen molar-refractivity contribution >= 4 is 5.78 Å². The maximum Gasteiger partial charge on any atom is 0.139 e. The normalized spacial score (nSPS) is 10.3. The number of Topliss-reactive ketones (excluding diaryl/α,β-unsaturated/α-hetero) is 1. The molecule has 0 amide bonds. The third kappa shape index (κ3) is 3.45. The van der Waals surface area contributed by atoms with E-state index < -0.39 is 0 Å². The summed E-state index contributed by atoms with van der Waals surface area (Å²) in [4.78, 5) is 15.8. The van der Waals surface area contributed by atoms with Crippen LogP contribution in [0.1, 0.15) is 12.0 Å². The lowest BCUT2D eigenvalue weighted by Gasteiger charge is -2.04. The molecule has 1 heterocycles. The Bertz CT molecular complexity index is 506. The summed E-state index contributed by atoms with van der Waals surface area (Å²) in [6, 6.07) is 7.61. The van der Waals surface area contributed by atoms with Crippen molar-refractivity contribution in [3.63, 3.8) is 0 Å². The summed E-state index contributed by atoms with van der Waals surface area (Å²) < 4.78 is 7.04. The largest absolute Gasteiger partial charge is 0.497 e. The van der Waals surface area contributed by atoms with Gasteiger partial charge in [0.25, 0.3) is 0 Å². The fraction of sp³-hybridized carbons (Fsp3) is 0.286. The van der Waals surface area contributed by atoms with Crippen molar-refractivity contribution in [3.05, 3.63) is 48.5 Å². The van der Waals surface area contributed by atoms with Gasteiger partial charge in [-0.2, -0.15) is 0 Å². The van der Waals surface area contributed by atoms with Crippen LogP contribution in [-0.4, -0.2) is 22.4 Å². The van der Waals surface area contributed by atoms with E-state index in [1.165, 1.54) is 0 Å². The van der Waals surface area contributed by atoms with Gasteiger partial charge in [0.1, 0.15) is 11.5 Å². The van der Waals surface area contributed by atoms with Crippen LogP contribution in [0.3, 0.4) is 0 Å². The second-order valence-electron chi connectivity index (χ2n) is 4.12. The molecule has 4 nitrogen and oxygen atoms in total. The molecule has 0 saturated heterocycles. The lowest BCUT2D eigenvalue weighted by molar-refractivity contribution is -0.118. The van der Waals surface area contributed by atoms with Crippen molar-refractivity contribution in [2.75, 3.05) is 7.11 Å². The monoisotopic (exact) mass is 244 g/mol. The second-order valence-corrected chi connectivity index (χ2v) is 4.12. The second kappa shape index (κ2) is 6.00. The van der Waals surface area contributed by atoms with Gasteiger partial charge in [-0.3, -0.25) is 4.79 Å². The van der Waals surface area contributed by atoms with Crippen molar-refractivity contribution in [1.82, 2.24) is 9.55 Å². The number of imidazole rings is 1. The third-order valence-electron chi connectivity index (χ3n) is 2.74. The standard InChI is InChI=1S/C14H16N2O2/c1-18-14-4-2-3-12(10-14)9-13(17)5-7-16-8-6-15-11-16/h2-4,6,8,10-11H,5,7,9H2,1H3. The molecule has 0 aliphatic rings. The molecule has 4 heteroatoms. The Hall–Kier alpha value is -2.10. The van der Waals surface area contributed by atoms with Crippen LogP contribution in [0.2, 0.25) is 0 Å². The molecule has 0 saturated carbocycles. The van der Waals surface area contributed by atoms with E-state index in [0.717, 1.165) is 11.3 Å². The molecule has 18 heavy (non-hydrogen) atoms. The molecular formula is C14H16N2O2. The fourth-order valence-corrected chi connectivity index (χ4v) is 1.77. The van der Waals surface area contributed by atoms with Gasteiger partial charge in [0.2, 0.25) is 0 Å². The van der Waals surface area contributed by atoms with E-state index in [-0.39, 0.29) is 5.78 Å². The van der Waals surface area contributed by atoms with Gasteiger partial charge >= 0.3 is 0 Å². The van der Waals surface area contributed by atoms with Gasteiger partial charge < -0.3 is 9.30 Å². The molecule has 0 aliphatic carbocycles. The first-order valence-electron chi connectivity index (χ1n) is 5.88. The number of carbonyl (C=O) groups is 1. The van der Waals surface area contributed by atoms with Crippen molar-refractivity contribution in [3.8, 4) is 5.75 Å². The highest BCUT2D eigenvalue weighted by molar-refractivity contribution is 5.80. The first-order valence-corrected chi connectivity index (χ1v) is 5.88. The van der Waals surface area contributed by atoms with Gasteiger partial charge in [0, 0.05) is 31.8 Å². The Morgan fingerprint density at radius 3 is 3.06 bits per heavy atom. The Labute approximate surface area is 106 Å². The molecule has 0 fully saturated rings. The number of aryl methyl sites for hydroxylation is 1. The molecule has 0 atom stereocenters. The summed E-state index contributed by atoms with van der Waals surface area (Å²) in [7, 11) is 1.62. The Morgan fingerprint density at radius 2 is 2.33 bits per heavy atom. The highest BCUT2D eigenvalue weighted by Crippen LogP contribution is 2.13. The molecule has 0 spiro atoms. The summed E-state index contributed by atoms with van der Waals surface area (Å²) in [5.74, 6) is 1.01. The summed E-state index contributed by atoms with van der Waals surface area (Å²) in [5, 5.41) is 0. The van der Waals surface area contributed by atoms with E-state index in [4.69, 9.17) is 4.74 Å². The number of hydrogen-bond donors (Lipinski definition) is 0. The molecule has 2 rings (SSSR count). The number of ether oxygens (including phenoxy) is 1. The topological polar surface area (TPSA) is 44.1 Å². The van der Waals surface area contributed by atoms with Crippen LogP contribution in [0, 0.1) is 0 Å².